The van der Waals surface area contributed by atoms with Crippen LogP contribution in [0.2, 0.25) is 5.02 Å². The highest BCUT2D eigenvalue weighted by atomic mass is 35.5. The van der Waals surface area contributed by atoms with Crippen LogP contribution >= 0.6 is 11.6 Å². The van der Waals surface area contributed by atoms with Gasteiger partial charge < -0.3 is 10.6 Å². The number of fused-ring (bicyclic) bond motifs is 1. The third kappa shape index (κ3) is 2.19. The second kappa shape index (κ2) is 5.12. The molecule has 2 aromatic carbocycles. The first-order valence-corrected chi connectivity index (χ1v) is 7.38. The molecule has 1 aliphatic heterocycles. The number of para-hydroxylation sites is 1. The van der Waals surface area contributed by atoms with Crippen molar-refractivity contribution >= 4 is 23.0 Å². The van der Waals surface area contributed by atoms with Crippen molar-refractivity contribution in [1.82, 2.24) is 0 Å². The van der Waals surface area contributed by atoms with Gasteiger partial charge in [0.1, 0.15) is 0 Å². The number of benzene rings is 2. The van der Waals surface area contributed by atoms with Gasteiger partial charge in [0, 0.05) is 28.5 Å². The maximum Gasteiger partial charge on any atom is 0.0474 e. The second-order valence-corrected chi connectivity index (χ2v) is 5.95. The molecule has 2 N–H and O–H groups in total. The van der Waals surface area contributed by atoms with Gasteiger partial charge in [0.15, 0.2) is 0 Å². The molecule has 3 rings (SSSR count). The number of anilines is 2. The first-order valence-electron chi connectivity index (χ1n) is 7.00. The van der Waals surface area contributed by atoms with E-state index in [0.29, 0.717) is 6.04 Å². The standard InChI is InChI=1S/C17H19ClN2/c1-11-9-13-5-3-4-6-17(13)20(11)14-7-8-15(12(2)19)16(18)10-14/h3-8,10-12H,9,19H2,1-2H3. The summed E-state index contributed by atoms with van der Waals surface area (Å²) in [5, 5.41) is 0.745. The van der Waals surface area contributed by atoms with Gasteiger partial charge in [0.2, 0.25) is 0 Å². The Morgan fingerprint density at radius 2 is 2.00 bits per heavy atom. The molecule has 3 heteroatoms. The number of rotatable bonds is 2. The van der Waals surface area contributed by atoms with E-state index in [1.54, 1.807) is 0 Å². The van der Waals surface area contributed by atoms with Crippen LogP contribution in [0.5, 0.6) is 0 Å². The van der Waals surface area contributed by atoms with Crippen molar-refractivity contribution in [2.45, 2.75) is 32.4 Å². The molecular weight excluding hydrogens is 268 g/mol. The van der Waals surface area contributed by atoms with E-state index in [-0.39, 0.29) is 6.04 Å². The summed E-state index contributed by atoms with van der Waals surface area (Å²) in [7, 11) is 0. The Hall–Kier alpha value is -1.51. The number of nitrogens with zero attached hydrogens (tertiary/aromatic N) is 1. The Balaban J connectivity index is 2.03. The Bertz CT molecular complexity index is 637. The molecule has 2 unspecified atom stereocenters. The highest BCUT2D eigenvalue weighted by molar-refractivity contribution is 6.31. The maximum atomic E-state index is 6.37. The smallest absolute Gasteiger partial charge is 0.0474 e. The van der Waals surface area contributed by atoms with Gasteiger partial charge in [0.05, 0.1) is 0 Å². The average molecular weight is 287 g/mol. The number of hydrogen-bond acceptors (Lipinski definition) is 2. The Kier molecular flexibility index (Phi) is 3.45. The summed E-state index contributed by atoms with van der Waals surface area (Å²) in [5.41, 5.74) is 10.7. The van der Waals surface area contributed by atoms with Crippen LogP contribution in [0.4, 0.5) is 11.4 Å². The lowest BCUT2D eigenvalue weighted by Crippen LogP contribution is -2.24. The first-order chi connectivity index (χ1) is 9.58. The Morgan fingerprint density at radius 1 is 1.25 bits per heavy atom. The summed E-state index contributed by atoms with van der Waals surface area (Å²) in [4.78, 5) is 2.35. The Morgan fingerprint density at radius 3 is 2.70 bits per heavy atom. The van der Waals surface area contributed by atoms with Crippen molar-refractivity contribution < 1.29 is 0 Å². The van der Waals surface area contributed by atoms with E-state index >= 15 is 0 Å². The van der Waals surface area contributed by atoms with Crippen molar-refractivity contribution in [1.29, 1.82) is 0 Å². The van der Waals surface area contributed by atoms with Crippen molar-refractivity contribution in [3.63, 3.8) is 0 Å². The van der Waals surface area contributed by atoms with E-state index in [1.165, 1.54) is 11.3 Å². The fourth-order valence-electron chi connectivity index (χ4n) is 2.99. The maximum absolute atomic E-state index is 6.37. The van der Waals surface area contributed by atoms with E-state index in [2.05, 4.69) is 42.2 Å². The minimum absolute atomic E-state index is 0.0418. The summed E-state index contributed by atoms with van der Waals surface area (Å²) in [6, 6.07) is 15.1. The molecular formula is C17H19ClN2. The molecule has 0 saturated carbocycles. The molecule has 1 heterocycles. The minimum Gasteiger partial charge on any atom is -0.338 e. The lowest BCUT2D eigenvalue weighted by Gasteiger charge is -2.26. The van der Waals surface area contributed by atoms with Crippen LogP contribution in [0, 0.1) is 0 Å². The molecule has 0 amide bonds. The third-order valence-electron chi connectivity index (χ3n) is 3.96. The van der Waals surface area contributed by atoms with E-state index in [0.717, 1.165) is 22.7 Å². The van der Waals surface area contributed by atoms with Gasteiger partial charge in [0.25, 0.3) is 0 Å². The van der Waals surface area contributed by atoms with Crippen molar-refractivity contribution in [3.05, 3.63) is 58.6 Å². The second-order valence-electron chi connectivity index (χ2n) is 5.55. The van der Waals surface area contributed by atoms with Gasteiger partial charge in [-0.1, -0.05) is 35.9 Å². The molecule has 104 valence electrons. The van der Waals surface area contributed by atoms with Crippen LogP contribution in [0.1, 0.15) is 31.0 Å². The zero-order valence-electron chi connectivity index (χ0n) is 11.8. The van der Waals surface area contributed by atoms with E-state index in [9.17, 15) is 0 Å². The normalized spacial score (nSPS) is 19.0. The Labute approximate surface area is 125 Å². The van der Waals surface area contributed by atoms with Crippen LogP contribution in [0.3, 0.4) is 0 Å². The highest BCUT2D eigenvalue weighted by Gasteiger charge is 2.27. The molecule has 2 atom stereocenters. The van der Waals surface area contributed by atoms with Crippen molar-refractivity contribution in [2.75, 3.05) is 4.90 Å². The fraction of sp³-hybridized carbons (Fsp3) is 0.294. The van der Waals surface area contributed by atoms with Gasteiger partial charge in [-0.25, -0.2) is 0 Å². The summed E-state index contributed by atoms with van der Waals surface area (Å²) in [5.74, 6) is 0. The molecule has 0 bridgehead atoms. The predicted molar refractivity (Wildman–Crippen MR) is 85.8 cm³/mol. The SMILES string of the molecule is CC(N)c1ccc(N2c3ccccc3CC2C)cc1Cl. The number of halogens is 1. The van der Waals surface area contributed by atoms with Crippen LogP contribution < -0.4 is 10.6 Å². The van der Waals surface area contributed by atoms with Crippen LogP contribution in [-0.2, 0) is 6.42 Å². The van der Waals surface area contributed by atoms with Gasteiger partial charge >= 0.3 is 0 Å². The van der Waals surface area contributed by atoms with Crippen LogP contribution in [0.15, 0.2) is 42.5 Å². The van der Waals surface area contributed by atoms with E-state index < -0.39 is 0 Å². The largest absolute Gasteiger partial charge is 0.338 e. The topological polar surface area (TPSA) is 29.3 Å². The quantitative estimate of drug-likeness (QED) is 0.884. The van der Waals surface area contributed by atoms with E-state index in [1.807, 2.05) is 19.1 Å². The monoisotopic (exact) mass is 286 g/mol. The van der Waals surface area contributed by atoms with E-state index in [4.69, 9.17) is 17.3 Å². The van der Waals surface area contributed by atoms with Gasteiger partial charge in [-0.05, 0) is 49.6 Å². The van der Waals surface area contributed by atoms with Gasteiger partial charge in [-0.3, -0.25) is 0 Å². The first kappa shape index (κ1) is 13.5. The molecule has 2 aromatic rings. The number of nitrogens with two attached hydrogens (primary N) is 1. The molecule has 0 fully saturated rings. The average Bonchev–Trinajstić information content (AvgIpc) is 2.73. The molecule has 0 radical (unpaired) electrons. The lowest BCUT2D eigenvalue weighted by atomic mass is 10.1. The molecule has 1 aliphatic rings. The molecule has 0 aliphatic carbocycles. The van der Waals surface area contributed by atoms with Gasteiger partial charge in [-0.15, -0.1) is 0 Å². The molecule has 2 nitrogen and oxygen atoms in total. The third-order valence-corrected chi connectivity index (χ3v) is 4.29. The van der Waals surface area contributed by atoms with Crippen molar-refractivity contribution in [3.8, 4) is 0 Å². The molecule has 0 aromatic heterocycles. The van der Waals surface area contributed by atoms with Gasteiger partial charge in [-0.2, -0.15) is 0 Å². The van der Waals surface area contributed by atoms with Crippen LogP contribution in [0.25, 0.3) is 0 Å². The minimum atomic E-state index is -0.0418. The van der Waals surface area contributed by atoms with Crippen LogP contribution in [-0.4, -0.2) is 6.04 Å². The fourth-order valence-corrected chi connectivity index (χ4v) is 3.34. The highest BCUT2D eigenvalue weighted by Crippen LogP contribution is 2.39. The summed E-state index contributed by atoms with van der Waals surface area (Å²) >= 11 is 6.37. The summed E-state index contributed by atoms with van der Waals surface area (Å²) < 4.78 is 0. The lowest BCUT2D eigenvalue weighted by molar-refractivity contribution is 0.758. The zero-order chi connectivity index (χ0) is 14.3. The van der Waals surface area contributed by atoms with Crippen molar-refractivity contribution in [2.24, 2.45) is 5.73 Å². The zero-order valence-corrected chi connectivity index (χ0v) is 12.6. The molecule has 0 saturated heterocycles. The summed E-state index contributed by atoms with van der Waals surface area (Å²) in [6.45, 7) is 4.20. The molecule has 20 heavy (non-hydrogen) atoms. The summed E-state index contributed by atoms with van der Waals surface area (Å²) in [6.07, 6.45) is 1.07. The number of hydrogen-bond donors (Lipinski definition) is 1. The predicted octanol–water partition coefficient (Wildman–Crippen LogP) is 4.44. The molecule has 0 spiro atoms.